The highest BCUT2D eigenvalue weighted by Crippen LogP contribution is 2.31. The van der Waals surface area contributed by atoms with Gasteiger partial charge in [-0.25, -0.2) is 0 Å². The molecule has 0 bridgehead atoms. The van der Waals surface area contributed by atoms with Crippen molar-refractivity contribution in [3.63, 3.8) is 0 Å². The highest BCUT2D eigenvalue weighted by Gasteiger charge is 2.14. The normalized spacial score (nSPS) is 13.0. The Kier molecular flexibility index (Phi) is 9.06. The number of ether oxygens (including phenoxy) is 1. The zero-order chi connectivity index (χ0) is 17.0. The molecule has 0 saturated carbocycles. The average Bonchev–Trinajstić information content (AvgIpc) is 2.64. The van der Waals surface area contributed by atoms with Gasteiger partial charge in [-0.05, 0) is 48.4 Å². The van der Waals surface area contributed by atoms with Gasteiger partial charge < -0.3 is 9.84 Å². The summed E-state index contributed by atoms with van der Waals surface area (Å²) in [6.45, 7) is 0.0520. The van der Waals surface area contributed by atoms with Crippen LogP contribution in [0.1, 0.15) is 12.8 Å². The van der Waals surface area contributed by atoms with Crippen molar-refractivity contribution in [1.82, 2.24) is 0 Å². The van der Waals surface area contributed by atoms with Gasteiger partial charge >= 0.3 is 0 Å². The Hall–Kier alpha value is -1.20. The lowest BCUT2D eigenvalue weighted by Crippen LogP contribution is -2.10. The van der Waals surface area contributed by atoms with Crippen molar-refractivity contribution in [2.75, 3.05) is 19.5 Å². The molecule has 0 saturated heterocycles. The predicted octanol–water partition coefficient (Wildman–Crippen LogP) is 5.24. The Morgan fingerprint density at radius 3 is 2.25 bits per heavy atom. The summed E-state index contributed by atoms with van der Waals surface area (Å²) < 4.78 is 5.66. The van der Waals surface area contributed by atoms with E-state index in [1.807, 2.05) is 42.1 Å². The summed E-state index contributed by atoms with van der Waals surface area (Å²) in [5.41, 5.74) is 1.10. The molecular weight excluding hydrogens is 336 g/mol. The number of thioether (sulfide) groups is 2. The lowest BCUT2D eigenvalue weighted by atomic mass is 10.1. The largest absolute Gasteiger partial charge is 0.392 e. The predicted molar refractivity (Wildman–Crippen MR) is 105 cm³/mol. The Morgan fingerprint density at radius 1 is 1.04 bits per heavy atom. The van der Waals surface area contributed by atoms with Gasteiger partial charge in [0.2, 0.25) is 0 Å². The second-order valence-electron chi connectivity index (χ2n) is 5.23. The quantitative estimate of drug-likeness (QED) is 0.271. The first kappa shape index (κ1) is 19.1. The van der Waals surface area contributed by atoms with Gasteiger partial charge in [0.15, 0.2) is 0 Å². The summed E-state index contributed by atoms with van der Waals surface area (Å²) in [6.07, 6.45) is 3.87. The molecule has 0 radical (unpaired) electrons. The number of rotatable bonds is 10. The van der Waals surface area contributed by atoms with Crippen molar-refractivity contribution >= 4 is 23.5 Å². The van der Waals surface area contributed by atoms with Gasteiger partial charge in [0.05, 0.1) is 6.61 Å². The fourth-order valence-electron chi connectivity index (χ4n) is 2.31. The zero-order valence-electron chi connectivity index (χ0n) is 13.9. The van der Waals surface area contributed by atoms with Crippen LogP contribution in [0.2, 0.25) is 0 Å². The van der Waals surface area contributed by atoms with Crippen LogP contribution in [0.5, 0.6) is 0 Å². The lowest BCUT2D eigenvalue weighted by Gasteiger charge is -2.19. The lowest BCUT2D eigenvalue weighted by molar-refractivity contribution is 0.194. The van der Waals surface area contributed by atoms with Gasteiger partial charge in [0.1, 0.15) is 5.44 Å². The zero-order valence-corrected chi connectivity index (χ0v) is 15.6. The number of benzene rings is 2. The molecule has 128 valence electrons. The first-order valence-electron chi connectivity index (χ1n) is 8.05. The molecule has 0 fully saturated rings. The van der Waals surface area contributed by atoms with E-state index in [2.05, 4.69) is 36.4 Å². The van der Waals surface area contributed by atoms with Gasteiger partial charge in [-0.3, -0.25) is 0 Å². The Labute approximate surface area is 153 Å². The molecular formula is C20H24O2S2. The number of methoxy groups -OCH3 is 1. The highest BCUT2D eigenvalue weighted by atomic mass is 32.2. The molecule has 2 nitrogen and oxygen atoms in total. The Bertz CT molecular complexity index is 600. The standard InChI is InChI=1S/C20H24O2S2/c1-22-20(24-19-12-6-3-7-13-19)17(14-15-21)9-8-16-23-18-10-4-2-5-11-18/h2-7,10-14,20-21H,8-9,15-16H2,1H3/b17-14+. The fourth-order valence-corrected chi connectivity index (χ4v) is 4.21. The van der Waals surface area contributed by atoms with Crippen LogP contribution >= 0.6 is 23.5 Å². The third-order valence-corrected chi connectivity index (χ3v) is 5.83. The molecule has 0 aliphatic carbocycles. The second kappa shape index (κ2) is 11.4. The first-order valence-corrected chi connectivity index (χ1v) is 9.92. The van der Waals surface area contributed by atoms with E-state index >= 15 is 0 Å². The number of aliphatic hydroxyl groups excluding tert-OH is 1. The van der Waals surface area contributed by atoms with Crippen molar-refractivity contribution in [2.45, 2.75) is 28.1 Å². The summed E-state index contributed by atoms with van der Waals surface area (Å²) in [5, 5.41) is 9.34. The van der Waals surface area contributed by atoms with Crippen molar-refractivity contribution in [2.24, 2.45) is 0 Å². The van der Waals surface area contributed by atoms with Crippen LogP contribution < -0.4 is 0 Å². The fraction of sp³-hybridized carbons (Fsp3) is 0.300. The van der Waals surface area contributed by atoms with Crippen molar-refractivity contribution in [3.05, 3.63) is 72.3 Å². The van der Waals surface area contributed by atoms with E-state index in [4.69, 9.17) is 4.74 Å². The maximum Gasteiger partial charge on any atom is 0.128 e. The van der Waals surface area contributed by atoms with Crippen molar-refractivity contribution in [1.29, 1.82) is 0 Å². The Balaban J connectivity index is 1.86. The molecule has 0 spiro atoms. The number of aliphatic hydroxyl groups is 1. The number of hydrogen-bond acceptors (Lipinski definition) is 4. The molecule has 24 heavy (non-hydrogen) atoms. The molecule has 0 heterocycles. The first-order chi connectivity index (χ1) is 11.8. The summed E-state index contributed by atoms with van der Waals surface area (Å²) in [7, 11) is 1.73. The van der Waals surface area contributed by atoms with Gasteiger partial charge in [0, 0.05) is 16.9 Å². The van der Waals surface area contributed by atoms with Gasteiger partial charge in [0.25, 0.3) is 0 Å². The van der Waals surface area contributed by atoms with Crippen LogP contribution in [0, 0.1) is 0 Å². The average molecular weight is 361 g/mol. The number of hydrogen-bond donors (Lipinski definition) is 1. The van der Waals surface area contributed by atoms with E-state index in [1.54, 1.807) is 18.9 Å². The highest BCUT2D eigenvalue weighted by molar-refractivity contribution is 8.00. The van der Waals surface area contributed by atoms with E-state index in [-0.39, 0.29) is 12.0 Å². The van der Waals surface area contributed by atoms with Crippen molar-refractivity contribution in [3.8, 4) is 0 Å². The van der Waals surface area contributed by atoms with E-state index < -0.39 is 0 Å². The third kappa shape index (κ3) is 6.73. The molecule has 0 aliphatic rings. The molecule has 0 amide bonds. The molecule has 4 heteroatoms. The van der Waals surface area contributed by atoms with Crippen LogP contribution in [-0.4, -0.2) is 30.0 Å². The monoisotopic (exact) mass is 360 g/mol. The Morgan fingerprint density at radius 2 is 1.67 bits per heavy atom. The topological polar surface area (TPSA) is 29.5 Å². The smallest absolute Gasteiger partial charge is 0.128 e. The van der Waals surface area contributed by atoms with E-state index in [1.165, 1.54) is 9.79 Å². The maximum absolute atomic E-state index is 9.34. The minimum atomic E-state index is -0.0544. The summed E-state index contributed by atoms with van der Waals surface area (Å²) in [5.74, 6) is 1.05. The van der Waals surface area contributed by atoms with Crippen LogP contribution in [0.25, 0.3) is 0 Å². The van der Waals surface area contributed by atoms with E-state index in [9.17, 15) is 5.11 Å². The van der Waals surface area contributed by atoms with Crippen LogP contribution in [0.3, 0.4) is 0 Å². The van der Waals surface area contributed by atoms with Crippen LogP contribution in [-0.2, 0) is 4.74 Å². The summed E-state index contributed by atoms with van der Waals surface area (Å²) in [6, 6.07) is 20.7. The summed E-state index contributed by atoms with van der Waals surface area (Å²) in [4.78, 5) is 2.47. The molecule has 2 aromatic rings. The summed E-state index contributed by atoms with van der Waals surface area (Å²) >= 11 is 3.55. The molecule has 1 atom stereocenters. The molecule has 2 aromatic carbocycles. The van der Waals surface area contributed by atoms with Crippen molar-refractivity contribution < 1.29 is 9.84 Å². The SMILES string of the molecule is COC(Sc1ccccc1)/C(=C/CO)CCCSc1ccccc1. The third-order valence-electron chi connectivity index (χ3n) is 3.48. The molecule has 0 aromatic heterocycles. The van der Waals surface area contributed by atoms with E-state index in [0.717, 1.165) is 24.2 Å². The second-order valence-corrected chi connectivity index (χ2v) is 7.53. The van der Waals surface area contributed by atoms with Gasteiger partial charge in [-0.2, -0.15) is 0 Å². The molecule has 2 rings (SSSR count). The van der Waals surface area contributed by atoms with E-state index in [0.29, 0.717) is 0 Å². The van der Waals surface area contributed by atoms with Crippen LogP contribution in [0.4, 0.5) is 0 Å². The molecule has 0 aliphatic heterocycles. The van der Waals surface area contributed by atoms with Gasteiger partial charge in [-0.15, -0.1) is 11.8 Å². The van der Waals surface area contributed by atoms with Gasteiger partial charge in [-0.1, -0.05) is 54.2 Å². The maximum atomic E-state index is 9.34. The minimum Gasteiger partial charge on any atom is -0.392 e. The minimum absolute atomic E-state index is 0.0520. The molecule has 1 unspecified atom stereocenters. The molecule has 1 N–H and O–H groups in total. The van der Waals surface area contributed by atoms with Crippen LogP contribution in [0.15, 0.2) is 82.1 Å².